The van der Waals surface area contributed by atoms with E-state index in [2.05, 4.69) is 36.9 Å². The van der Waals surface area contributed by atoms with Crippen LogP contribution in [-0.2, 0) is 26.1 Å². The molecule has 0 fully saturated rings. The van der Waals surface area contributed by atoms with Crippen LogP contribution in [0.2, 0.25) is 0 Å². The van der Waals surface area contributed by atoms with Gasteiger partial charge >= 0.3 is 5.69 Å². The number of nitrogens with zero attached hydrogens (tertiary/aromatic N) is 4. The van der Waals surface area contributed by atoms with E-state index in [0.29, 0.717) is 35.5 Å². The maximum absolute atomic E-state index is 13.5. The molecule has 0 saturated carbocycles. The molecule has 1 aliphatic rings. The van der Waals surface area contributed by atoms with Crippen molar-refractivity contribution in [1.82, 2.24) is 14.0 Å². The third-order valence-corrected chi connectivity index (χ3v) is 7.34. The Kier molecular flexibility index (Phi) is 7.84. The normalized spacial score (nSPS) is 14.7. The summed E-state index contributed by atoms with van der Waals surface area (Å²) in [7, 11) is 0. The second kappa shape index (κ2) is 11.0. The Morgan fingerprint density at radius 3 is 2.49 bits per heavy atom. The first-order chi connectivity index (χ1) is 16.9. The van der Waals surface area contributed by atoms with Gasteiger partial charge in [-0.15, -0.1) is 0 Å². The van der Waals surface area contributed by atoms with Gasteiger partial charge in [-0.25, -0.2) is 4.79 Å². The highest BCUT2D eigenvalue weighted by molar-refractivity contribution is 5.79. The molecular formula is C28H34N4O3. The minimum Gasteiger partial charge on any atom is -0.390 e. The van der Waals surface area contributed by atoms with E-state index in [4.69, 9.17) is 0 Å². The number of aliphatic hydroxyl groups excluding tert-OH is 1. The number of nitriles is 1. The number of β-amino-alcohol motifs (C(OH)–C–C–N with tert-alkyl or cyclic N) is 1. The second-order valence-corrected chi connectivity index (χ2v) is 9.57. The summed E-state index contributed by atoms with van der Waals surface area (Å²) in [6.07, 6.45) is 2.91. The number of hydrogen-bond acceptors (Lipinski definition) is 5. The number of rotatable bonds is 9. The Morgan fingerprint density at radius 2 is 1.77 bits per heavy atom. The molecule has 184 valence electrons. The monoisotopic (exact) mass is 474 g/mol. The minimum atomic E-state index is -0.853. The molecule has 3 aromatic rings. The van der Waals surface area contributed by atoms with E-state index < -0.39 is 17.4 Å². The van der Waals surface area contributed by atoms with Gasteiger partial charge in [0.15, 0.2) is 0 Å². The topological polar surface area (TPSA) is 91.3 Å². The van der Waals surface area contributed by atoms with Crippen molar-refractivity contribution in [3.63, 3.8) is 0 Å². The van der Waals surface area contributed by atoms with Crippen molar-refractivity contribution < 1.29 is 5.11 Å². The fourth-order valence-electron chi connectivity index (χ4n) is 5.15. The predicted octanol–water partition coefficient (Wildman–Crippen LogP) is 3.28. The van der Waals surface area contributed by atoms with Crippen LogP contribution in [0, 0.1) is 17.2 Å². The third-order valence-electron chi connectivity index (χ3n) is 7.34. The Hall–Kier alpha value is -3.21. The molecule has 0 amide bonds. The van der Waals surface area contributed by atoms with E-state index in [1.807, 2.05) is 12.1 Å². The molecule has 1 atom stereocenters. The van der Waals surface area contributed by atoms with E-state index >= 15 is 0 Å². The number of aryl methyl sites for hydroxylation is 1. The summed E-state index contributed by atoms with van der Waals surface area (Å²) in [4.78, 5) is 29.0. The minimum absolute atomic E-state index is 0.0588. The number of hydrogen-bond donors (Lipinski definition) is 1. The van der Waals surface area contributed by atoms with Crippen molar-refractivity contribution in [2.24, 2.45) is 5.92 Å². The average molecular weight is 475 g/mol. The lowest BCUT2D eigenvalue weighted by Gasteiger charge is -2.30. The van der Waals surface area contributed by atoms with E-state index in [-0.39, 0.29) is 6.54 Å². The summed E-state index contributed by atoms with van der Waals surface area (Å²) in [5, 5.41) is 20.6. The molecule has 0 aliphatic carbocycles. The molecule has 1 unspecified atom stereocenters. The van der Waals surface area contributed by atoms with Gasteiger partial charge in [0.25, 0.3) is 5.56 Å². The SMILES string of the molecule is CCC(CC)CCn1c(=O)n(CC(O)CN2CCc3ccccc3C2)c(=O)c2ccc(C#N)cc21. The first-order valence-electron chi connectivity index (χ1n) is 12.6. The molecule has 2 aromatic carbocycles. The summed E-state index contributed by atoms with van der Waals surface area (Å²) in [5.41, 5.74) is 2.65. The van der Waals surface area contributed by atoms with Crippen LogP contribution in [0.25, 0.3) is 10.9 Å². The smallest absolute Gasteiger partial charge is 0.331 e. The lowest BCUT2D eigenvalue weighted by Crippen LogP contribution is -2.45. The maximum atomic E-state index is 13.5. The quantitative estimate of drug-likeness (QED) is 0.514. The van der Waals surface area contributed by atoms with Crippen LogP contribution in [0.1, 0.15) is 49.8 Å². The van der Waals surface area contributed by atoms with Gasteiger partial charge < -0.3 is 5.11 Å². The summed E-state index contributed by atoms with van der Waals surface area (Å²) in [6, 6.07) is 15.3. The molecule has 0 bridgehead atoms. The van der Waals surface area contributed by atoms with Crippen LogP contribution in [0.3, 0.4) is 0 Å². The molecule has 0 saturated heterocycles. The molecule has 7 heteroatoms. The van der Waals surface area contributed by atoms with Gasteiger partial charge in [-0.2, -0.15) is 5.26 Å². The van der Waals surface area contributed by atoms with Crippen molar-refractivity contribution in [3.05, 3.63) is 80.0 Å². The fraction of sp³-hybridized carbons (Fsp3) is 0.464. The van der Waals surface area contributed by atoms with E-state index in [1.165, 1.54) is 15.7 Å². The Bertz CT molecular complexity index is 1350. The zero-order valence-electron chi connectivity index (χ0n) is 20.6. The molecule has 0 radical (unpaired) electrons. The second-order valence-electron chi connectivity index (χ2n) is 9.57. The molecule has 4 rings (SSSR count). The highest BCUT2D eigenvalue weighted by Gasteiger charge is 2.21. The fourth-order valence-corrected chi connectivity index (χ4v) is 5.15. The lowest BCUT2D eigenvalue weighted by atomic mass is 9.99. The zero-order valence-corrected chi connectivity index (χ0v) is 20.6. The van der Waals surface area contributed by atoms with Gasteiger partial charge in [-0.05, 0) is 48.1 Å². The maximum Gasteiger partial charge on any atom is 0.331 e. The van der Waals surface area contributed by atoms with Gasteiger partial charge in [0.2, 0.25) is 0 Å². The first kappa shape index (κ1) is 24.9. The molecule has 1 aliphatic heterocycles. The van der Waals surface area contributed by atoms with Crippen LogP contribution in [-0.4, -0.2) is 38.3 Å². The molecule has 1 aromatic heterocycles. The van der Waals surface area contributed by atoms with Crippen LogP contribution in [0.4, 0.5) is 0 Å². The van der Waals surface area contributed by atoms with Gasteiger partial charge in [0, 0.05) is 26.2 Å². The zero-order chi connectivity index (χ0) is 24.9. The van der Waals surface area contributed by atoms with Crippen LogP contribution in [0.15, 0.2) is 52.1 Å². The third kappa shape index (κ3) is 5.39. The van der Waals surface area contributed by atoms with E-state index in [0.717, 1.165) is 38.8 Å². The molecule has 2 heterocycles. The number of benzene rings is 2. The number of aromatic nitrogens is 2. The van der Waals surface area contributed by atoms with E-state index in [1.54, 1.807) is 22.8 Å². The Balaban J connectivity index is 1.62. The molecule has 35 heavy (non-hydrogen) atoms. The summed E-state index contributed by atoms with van der Waals surface area (Å²) < 4.78 is 2.78. The van der Waals surface area contributed by atoms with Crippen LogP contribution >= 0.6 is 0 Å². The van der Waals surface area contributed by atoms with Crippen molar-refractivity contribution in [3.8, 4) is 6.07 Å². The standard InChI is InChI=1S/C28H34N4O3/c1-3-20(4-2)11-14-31-26-15-21(16-29)9-10-25(26)27(34)32(28(31)35)19-24(33)18-30-13-12-22-7-5-6-8-23(22)17-30/h5-10,15,20,24,33H,3-4,11-14,17-19H2,1-2H3. The Morgan fingerprint density at radius 1 is 1.03 bits per heavy atom. The van der Waals surface area contributed by atoms with Crippen molar-refractivity contribution in [1.29, 1.82) is 5.26 Å². The van der Waals surface area contributed by atoms with Gasteiger partial charge in [0.1, 0.15) is 0 Å². The molecule has 7 nitrogen and oxygen atoms in total. The first-order valence-corrected chi connectivity index (χ1v) is 12.6. The summed E-state index contributed by atoms with van der Waals surface area (Å²) in [6.45, 7) is 6.65. The lowest BCUT2D eigenvalue weighted by molar-refractivity contribution is 0.0896. The van der Waals surface area contributed by atoms with Crippen molar-refractivity contribution in [2.45, 2.75) is 65.3 Å². The average Bonchev–Trinajstić information content (AvgIpc) is 2.88. The summed E-state index contributed by atoms with van der Waals surface area (Å²) in [5.74, 6) is 0.476. The van der Waals surface area contributed by atoms with Gasteiger partial charge in [-0.1, -0.05) is 51.0 Å². The molecule has 1 N–H and O–H groups in total. The number of aliphatic hydroxyl groups is 1. The molecular weight excluding hydrogens is 440 g/mol. The summed E-state index contributed by atoms with van der Waals surface area (Å²) >= 11 is 0. The highest BCUT2D eigenvalue weighted by atomic mass is 16.3. The van der Waals surface area contributed by atoms with Crippen LogP contribution in [0.5, 0.6) is 0 Å². The predicted molar refractivity (Wildman–Crippen MR) is 137 cm³/mol. The number of fused-ring (bicyclic) bond motifs is 2. The van der Waals surface area contributed by atoms with Gasteiger partial charge in [0.05, 0.1) is 35.2 Å². The highest BCUT2D eigenvalue weighted by Crippen LogP contribution is 2.19. The largest absolute Gasteiger partial charge is 0.390 e. The van der Waals surface area contributed by atoms with E-state index in [9.17, 15) is 20.0 Å². The van der Waals surface area contributed by atoms with Crippen LogP contribution < -0.4 is 11.2 Å². The Labute approximate surface area is 205 Å². The van der Waals surface area contributed by atoms with Crippen molar-refractivity contribution in [2.75, 3.05) is 13.1 Å². The van der Waals surface area contributed by atoms with Crippen molar-refractivity contribution >= 4 is 10.9 Å². The van der Waals surface area contributed by atoms with Gasteiger partial charge in [-0.3, -0.25) is 18.8 Å². The molecule has 0 spiro atoms.